The monoisotopic (exact) mass is 233 g/mol. The van der Waals surface area contributed by atoms with Crippen LogP contribution in [-0.4, -0.2) is 17.5 Å². The Bertz CT molecular complexity index is 465. The second-order valence-corrected chi connectivity index (χ2v) is 4.57. The molecule has 17 heavy (non-hydrogen) atoms. The third-order valence-corrected chi connectivity index (χ3v) is 2.79. The molecule has 0 aromatic heterocycles. The van der Waals surface area contributed by atoms with E-state index in [9.17, 15) is 9.59 Å². The molecule has 0 unspecified atom stereocenters. The van der Waals surface area contributed by atoms with Gasteiger partial charge in [-0.25, -0.2) is 9.69 Å². The Morgan fingerprint density at radius 3 is 2.24 bits per heavy atom. The fourth-order valence-corrected chi connectivity index (χ4v) is 1.76. The van der Waals surface area contributed by atoms with Gasteiger partial charge in [-0.15, -0.1) is 0 Å². The van der Waals surface area contributed by atoms with Gasteiger partial charge >= 0.3 is 6.03 Å². The summed E-state index contributed by atoms with van der Waals surface area (Å²) < 4.78 is 0. The van der Waals surface area contributed by atoms with E-state index in [0.717, 1.165) is 10.5 Å². The highest BCUT2D eigenvalue weighted by molar-refractivity contribution is 6.22. The normalized spacial score (nSPS) is 18.4. The summed E-state index contributed by atoms with van der Waals surface area (Å²) in [6, 6.07) is 6.67. The van der Waals surface area contributed by atoms with Crippen molar-refractivity contribution in [3.8, 4) is 0 Å². The average Bonchev–Trinajstić information content (AvgIpc) is 2.49. The minimum atomic E-state index is -0.844. The molecule has 5 nitrogen and oxygen atoms in total. The van der Waals surface area contributed by atoms with Crippen LogP contribution in [-0.2, 0) is 11.3 Å². The fourth-order valence-electron chi connectivity index (χ4n) is 1.76. The molecule has 0 aliphatic carbocycles. The molecule has 0 spiro atoms. The largest absolute Gasteiger partial charge is 0.329 e. The van der Waals surface area contributed by atoms with E-state index in [-0.39, 0.29) is 11.9 Å². The second-order valence-electron chi connectivity index (χ2n) is 4.57. The Morgan fingerprint density at radius 1 is 1.24 bits per heavy atom. The minimum absolute atomic E-state index is 0.247. The highest BCUT2D eigenvalue weighted by Crippen LogP contribution is 2.24. The number of anilines is 1. The summed E-state index contributed by atoms with van der Waals surface area (Å²) in [5.41, 5.74) is 6.17. The molecule has 90 valence electrons. The Kier molecular flexibility index (Phi) is 2.63. The van der Waals surface area contributed by atoms with Crippen LogP contribution >= 0.6 is 0 Å². The molecule has 0 atom stereocenters. The van der Waals surface area contributed by atoms with Crippen molar-refractivity contribution in [1.29, 1.82) is 0 Å². The van der Waals surface area contributed by atoms with E-state index in [2.05, 4.69) is 5.32 Å². The van der Waals surface area contributed by atoms with E-state index in [1.165, 1.54) is 0 Å². The lowest BCUT2D eigenvalue weighted by atomic mass is 10.1. The highest BCUT2D eigenvalue weighted by atomic mass is 16.2. The van der Waals surface area contributed by atoms with Gasteiger partial charge < -0.3 is 11.1 Å². The van der Waals surface area contributed by atoms with Gasteiger partial charge in [0.2, 0.25) is 0 Å². The van der Waals surface area contributed by atoms with Crippen LogP contribution in [0, 0.1) is 0 Å². The molecule has 1 aliphatic rings. The molecule has 0 bridgehead atoms. The van der Waals surface area contributed by atoms with Crippen LogP contribution in [0.4, 0.5) is 10.5 Å². The van der Waals surface area contributed by atoms with Crippen LogP contribution < -0.4 is 16.0 Å². The molecule has 2 rings (SSSR count). The van der Waals surface area contributed by atoms with Crippen LogP contribution in [0.25, 0.3) is 0 Å². The second kappa shape index (κ2) is 3.85. The minimum Gasteiger partial charge on any atom is -0.326 e. The number of hydrogen-bond donors (Lipinski definition) is 2. The number of urea groups is 1. The SMILES string of the molecule is CC1(C)NC(=O)N(c2ccc(CN)cc2)C1=O. The lowest BCUT2D eigenvalue weighted by Crippen LogP contribution is -2.40. The van der Waals surface area contributed by atoms with E-state index >= 15 is 0 Å². The van der Waals surface area contributed by atoms with E-state index < -0.39 is 5.54 Å². The van der Waals surface area contributed by atoms with E-state index in [4.69, 9.17) is 5.73 Å². The summed E-state index contributed by atoms with van der Waals surface area (Å²) in [6.45, 7) is 3.80. The van der Waals surface area contributed by atoms with Crippen LogP contribution in [0.15, 0.2) is 24.3 Å². The first kappa shape index (κ1) is 11.6. The van der Waals surface area contributed by atoms with Crippen molar-refractivity contribution in [1.82, 2.24) is 5.32 Å². The van der Waals surface area contributed by atoms with Crippen LogP contribution in [0.2, 0.25) is 0 Å². The molecule has 1 saturated heterocycles. The molecule has 1 aromatic carbocycles. The number of nitrogens with one attached hydrogen (secondary N) is 1. The highest BCUT2D eigenvalue weighted by Gasteiger charge is 2.44. The van der Waals surface area contributed by atoms with E-state index in [1.54, 1.807) is 38.1 Å². The number of rotatable bonds is 2. The number of carbonyl (C=O) groups excluding carboxylic acids is 2. The zero-order valence-corrected chi connectivity index (χ0v) is 9.86. The van der Waals surface area contributed by atoms with Gasteiger partial charge in [0.25, 0.3) is 5.91 Å². The van der Waals surface area contributed by atoms with Crippen molar-refractivity contribution in [2.45, 2.75) is 25.9 Å². The molecule has 5 heteroatoms. The maximum atomic E-state index is 12.0. The third kappa shape index (κ3) is 1.89. The van der Waals surface area contributed by atoms with Crippen molar-refractivity contribution in [3.63, 3.8) is 0 Å². The van der Waals surface area contributed by atoms with Gasteiger partial charge in [-0.1, -0.05) is 12.1 Å². The summed E-state index contributed by atoms with van der Waals surface area (Å²) in [6.07, 6.45) is 0. The first-order valence-electron chi connectivity index (χ1n) is 5.41. The summed E-state index contributed by atoms with van der Waals surface area (Å²) in [5.74, 6) is -0.247. The third-order valence-electron chi connectivity index (χ3n) is 2.79. The number of benzene rings is 1. The van der Waals surface area contributed by atoms with Crippen LogP contribution in [0.3, 0.4) is 0 Å². The number of nitrogens with two attached hydrogens (primary N) is 1. The molecule has 1 fully saturated rings. The molecule has 0 saturated carbocycles. The molecule has 3 N–H and O–H groups in total. The zero-order valence-electron chi connectivity index (χ0n) is 9.86. The van der Waals surface area contributed by atoms with Gasteiger partial charge in [0.15, 0.2) is 0 Å². The first-order valence-corrected chi connectivity index (χ1v) is 5.41. The van der Waals surface area contributed by atoms with Gasteiger partial charge in [-0.2, -0.15) is 0 Å². The van der Waals surface area contributed by atoms with Gasteiger partial charge in [0.05, 0.1) is 5.69 Å². The summed E-state index contributed by atoms with van der Waals surface area (Å²) in [5, 5.41) is 2.63. The number of carbonyl (C=O) groups is 2. The molecule has 3 amide bonds. The molecule has 1 aliphatic heterocycles. The Labute approximate surface area is 99.6 Å². The van der Waals surface area contributed by atoms with Crippen molar-refractivity contribution in [2.75, 3.05) is 4.90 Å². The number of hydrogen-bond acceptors (Lipinski definition) is 3. The van der Waals surface area contributed by atoms with Crippen molar-refractivity contribution < 1.29 is 9.59 Å². The molecule has 1 aromatic rings. The van der Waals surface area contributed by atoms with Crippen LogP contribution in [0.1, 0.15) is 19.4 Å². The Morgan fingerprint density at radius 2 is 1.82 bits per heavy atom. The lowest BCUT2D eigenvalue weighted by Gasteiger charge is -2.16. The van der Waals surface area contributed by atoms with Crippen molar-refractivity contribution in [3.05, 3.63) is 29.8 Å². The van der Waals surface area contributed by atoms with Gasteiger partial charge in [0, 0.05) is 6.54 Å². The average molecular weight is 233 g/mol. The predicted molar refractivity (Wildman–Crippen MR) is 64.4 cm³/mol. The molecular weight excluding hydrogens is 218 g/mol. The molecule has 1 heterocycles. The smallest absolute Gasteiger partial charge is 0.326 e. The quantitative estimate of drug-likeness (QED) is 0.748. The Hall–Kier alpha value is -1.88. The fraction of sp³-hybridized carbons (Fsp3) is 0.333. The lowest BCUT2D eigenvalue weighted by molar-refractivity contribution is -0.120. The number of nitrogens with zero attached hydrogens (tertiary/aromatic N) is 1. The Balaban J connectivity index is 2.34. The summed E-state index contributed by atoms with van der Waals surface area (Å²) in [7, 11) is 0. The first-order chi connectivity index (χ1) is 7.95. The zero-order chi connectivity index (χ0) is 12.6. The maximum Gasteiger partial charge on any atom is 0.329 e. The molecule has 0 radical (unpaired) electrons. The topological polar surface area (TPSA) is 75.4 Å². The summed E-state index contributed by atoms with van der Waals surface area (Å²) >= 11 is 0. The van der Waals surface area contributed by atoms with Gasteiger partial charge in [-0.3, -0.25) is 4.79 Å². The summed E-state index contributed by atoms with van der Waals surface area (Å²) in [4.78, 5) is 24.9. The van der Waals surface area contributed by atoms with Crippen molar-refractivity contribution in [2.24, 2.45) is 5.73 Å². The van der Waals surface area contributed by atoms with E-state index in [1.807, 2.05) is 0 Å². The van der Waals surface area contributed by atoms with E-state index in [0.29, 0.717) is 12.2 Å². The van der Waals surface area contributed by atoms with Crippen LogP contribution in [0.5, 0.6) is 0 Å². The number of amides is 3. The molecular formula is C12H15N3O2. The van der Waals surface area contributed by atoms with Gasteiger partial charge in [-0.05, 0) is 31.5 Å². The van der Waals surface area contributed by atoms with Crippen molar-refractivity contribution >= 4 is 17.6 Å². The maximum absolute atomic E-state index is 12.0. The number of imide groups is 1. The van der Waals surface area contributed by atoms with Gasteiger partial charge in [0.1, 0.15) is 5.54 Å². The standard InChI is InChI=1S/C12H15N3O2/c1-12(2)10(16)15(11(17)14-12)9-5-3-8(7-13)4-6-9/h3-6H,7,13H2,1-2H3,(H,14,17). The predicted octanol–water partition coefficient (Wildman–Crippen LogP) is 0.980.